The van der Waals surface area contributed by atoms with Crippen molar-refractivity contribution in [1.29, 1.82) is 0 Å². The topological polar surface area (TPSA) is 68.8 Å². The Morgan fingerprint density at radius 1 is 1.07 bits per heavy atom. The average molecular weight is 400 g/mol. The predicted octanol–water partition coefficient (Wildman–Crippen LogP) is 2.66. The van der Waals surface area contributed by atoms with Gasteiger partial charge in [0.15, 0.2) is 5.96 Å². The van der Waals surface area contributed by atoms with Gasteiger partial charge in [-0.05, 0) is 37.8 Å². The minimum atomic E-state index is 0.143. The number of hydrogen-bond donors (Lipinski definition) is 3. The summed E-state index contributed by atoms with van der Waals surface area (Å²) in [5, 5.41) is 9.90. The van der Waals surface area contributed by atoms with Gasteiger partial charge in [0.25, 0.3) is 0 Å². The summed E-state index contributed by atoms with van der Waals surface area (Å²) in [4.78, 5) is 19.0. The molecule has 1 amide bonds. The fourth-order valence-corrected chi connectivity index (χ4v) is 4.43. The molecule has 1 heterocycles. The number of aliphatic imine (C=N–C) groups is 1. The van der Waals surface area contributed by atoms with Gasteiger partial charge >= 0.3 is 0 Å². The maximum Gasteiger partial charge on any atom is 0.221 e. The number of rotatable bonds is 8. The second-order valence-electron chi connectivity index (χ2n) is 8.28. The third-order valence-electron chi connectivity index (χ3n) is 6.07. The molecule has 3 N–H and O–H groups in total. The van der Waals surface area contributed by atoms with Crippen molar-refractivity contribution in [2.24, 2.45) is 4.99 Å². The Kier molecular flexibility index (Phi) is 8.81. The quantitative estimate of drug-likeness (QED) is 0.464. The zero-order chi connectivity index (χ0) is 20.3. The minimum absolute atomic E-state index is 0.143. The van der Waals surface area contributed by atoms with Gasteiger partial charge in [-0.2, -0.15) is 0 Å². The lowest BCUT2D eigenvalue weighted by Crippen LogP contribution is -2.45. The van der Waals surface area contributed by atoms with Crippen LogP contribution in [0.5, 0.6) is 0 Å². The zero-order valence-corrected chi connectivity index (χ0v) is 17.8. The molecular weight excluding hydrogens is 362 g/mol. The van der Waals surface area contributed by atoms with Crippen LogP contribution in [0.15, 0.2) is 35.3 Å². The van der Waals surface area contributed by atoms with E-state index in [1.807, 2.05) is 0 Å². The van der Waals surface area contributed by atoms with Crippen molar-refractivity contribution in [2.45, 2.75) is 70.0 Å². The molecule has 1 saturated carbocycles. The van der Waals surface area contributed by atoms with Crippen molar-refractivity contribution in [1.82, 2.24) is 20.9 Å². The maximum atomic E-state index is 12.1. The molecule has 0 spiro atoms. The molecule has 29 heavy (non-hydrogen) atoms. The van der Waals surface area contributed by atoms with Gasteiger partial charge in [-0.1, -0.05) is 49.6 Å². The van der Waals surface area contributed by atoms with E-state index in [9.17, 15) is 4.79 Å². The standard InChI is InChI=1S/C23H37N5O/c1-24-23(25-15-14-22(29)27-20-11-6-3-7-12-20)26-17-21-13-8-16-28(21)18-19-9-4-2-5-10-19/h2,4-5,9-10,20-21H,3,6-8,11-18H2,1H3,(H,27,29)(H2,24,25,26). The van der Waals surface area contributed by atoms with E-state index >= 15 is 0 Å². The lowest BCUT2D eigenvalue weighted by Gasteiger charge is -2.25. The van der Waals surface area contributed by atoms with E-state index in [2.05, 4.69) is 56.2 Å². The number of benzene rings is 1. The van der Waals surface area contributed by atoms with Crippen LogP contribution in [0.1, 0.15) is 56.9 Å². The molecule has 1 saturated heterocycles. The Hall–Kier alpha value is -2.08. The van der Waals surface area contributed by atoms with Crippen molar-refractivity contribution < 1.29 is 4.79 Å². The van der Waals surface area contributed by atoms with Crippen LogP contribution >= 0.6 is 0 Å². The van der Waals surface area contributed by atoms with Crippen LogP contribution in [-0.4, -0.2) is 55.5 Å². The van der Waals surface area contributed by atoms with Crippen molar-refractivity contribution in [3.63, 3.8) is 0 Å². The SMILES string of the molecule is CN=C(NCCC(=O)NC1CCCCC1)NCC1CCCN1Cc1ccccc1. The van der Waals surface area contributed by atoms with Gasteiger partial charge in [0.1, 0.15) is 0 Å². The largest absolute Gasteiger partial charge is 0.356 e. The van der Waals surface area contributed by atoms with Gasteiger partial charge in [0.05, 0.1) is 0 Å². The van der Waals surface area contributed by atoms with Crippen molar-refractivity contribution in [3.05, 3.63) is 35.9 Å². The van der Waals surface area contributed by atoms with Gasteiger partial charge in [-0.3, -0.25) is 14.7 Å². The fourth-order valence-electron chi connectivity index (χ4n) is 4.43. The van der Waals surface area contributed by atoms with Gasteiger partial charge in [0, 0.05) is 45.2 Å². The normalized spacial score (nSPS) is 21.1. The molecule has 2 aliphatic rings. The van der Waals surface area contributed by atoms with Gasteiger partial charge in [0.2, 0.25) is 5.91 Å². The fraction of sp³-hybridized carbons (Fsp3) is 0.652. The number of hydrogen-bond acceptors (Lipinski definition) is 3. The van der Waals surface area contributed by atoms with E-state index < -0.39 is 0 Å². The van der Waals surface area contributed by atoms with Crippen LogP contribution in [0.3, 0.4) is 0 Å². The summed E-state index contributed by atoms with van der Waals surface area (Å²) in [5.41, 5.74) is 1.37. The molecule has 0 bridgehead atoms. The highest BCUT2D eigenvalue weighted by Crippen LogP contribution is 2.19. The van der Waals surface area contributed by atoms with Crippen LogP contribution in [0, 0.1) is 0 Å². The summed E-state index contributed by atoms with van der Waals surface area (Å²) < 4.78 is 0. The second-order valence-corrected chi connectivity index (χ2v) is 8.28. The van der Waals surface area contributed by atoms with E-state index in [4.69, 9.17) is 0 Å². The van der Waals surface area contributed by atoms with Crippen molar-refractivity contribution >= 4 is 11.9 Å². The third-order valence-corrected chi connectivity index (χ3v) is 6.07. The molecule has 1 atom stereocenters. The first kappa shape index (κ1) is 21.6. The molecule has 1 aromatic rings. The van der Waals surface area contributed by atoms with Gasteiger partial charge < -0.3 is 16.0 Å². The summed E-state index contributed by atoms with van der Waals surface area (Å²) in [6, 6.07) is 11.6. The monoisotopic (exact) mass is 399 g/mol. The second kappa shape index (κ2) is 11.8. The molecule has 3 rings (SSSR count). The molecule has 1 unspecified atom stereocenters. The number of carbonyl (C=O) groups excluding carboxylic acids is 1. The zero-order valence-electron chi connectivity index (χ0n) is 17.8. The molecule has 1 aromatic carbocycles. The number of nitrogens with zero attached hydrogens (tertiary/aromatic N) is 2. The van der Waals surface area contributed by atoms with Crippen LogP contribution in [0.25, 0.3) is 0 Å². The lowest BCUT2D eigenvalue weighted by atomic mass is 9.95. The molecule has 160 valence electrons. The summed E-state index contributed by atoms with van der Waals surface area (Å²) in [7, 11) is 1.79. The number of carbonyl (C=O) groups is 1. The number of nitrogens with one attached hydrogen (secondary N) is 3. The third kappa shape index (κ3) is 7.35. The smallest absolute Gasteiger partial charge is 0.221 e. The molecule has 0 aromatic heterocycles. The highest BCUT2D eigenvalue weighted by molar-refractivity contribution is 5.81. The lowest BCUT2D eigenvalue weighted by molar-refractivity contribution is -0.121. The van der Waals surface area contributed by atoms with E-state index in [1.54, 1.807) is 7.05 Å². The van der Waals surface area contributed by atoms with E-state index in [0.717, 1.165) is 38.4 Å². The highest BCUT2D eigenvalue weighted by Gasteiger charge is 2.24. The Balaban J connectivity index is 1.34. The molecule has 2 fully saturated rings. The number of amides is 1. The average Bonchev–Trinajstić information content (AvgIpc) is 3.19. The van der Waals surface area contributed by atoms with E-state index in [0.29, 0.717) is 25.0 Å². The van der Waals surface area contributed by atoms with E-state index in [1.165, 1.54) is 37.7 Å². The molecule has 6 nitrogen and oxygen atoms in total. The maximum absolute atomic E-state index is 12.1. The van der Waals surface area contributed by atoms with Crippen LogP contribution < -0.4 is 16.0 Å². The molecule has 1 aliphatic carbocycles. The Labute approximate surface area is 175 Å². The highest BCUT2D eigenvalue weighted by atomic mass is 16.1. The molecule has 1 aliphatic heterocycles. The number of guanidine groups is 1. The van der Waals surface area contributed by atoms with Crippen molar-refractivity contribution in [2.75, 3.05) is 26.7 Å². The Morgan fingerprint density at radius 2 is 1.86 bits per heavy atom. The minimum Gasteiger partial charge on any atom is -0.356 e. The molecular formula is C23H37N5O. The van der Waals surface area contributed by atoms with Crippen LogP contribution in [-0.2, 0) is 11.3 Å². The number of likely N-dealkylation sites (tertiary alicyclic amines) is 1. The van der Waals surface area contributed by atoms with Crippen LogP contribution in [0.2, 0.25) is 0 Å². The Bertz CT molecular complexity index is 642. The molecule has 6 heteroatoms. The predicted molar refractivity (Wildman–Crippen MR) is 119 cm³/mol. The molecule has 0 radical (unpaired) electrons. The van der Waals surface area contributed by atoms with Crippen LogP contribution in [0.4, 0.5) is 0 Å². The first-order chi connectivity index (χ1) is 14.2. The van der Waals surface area contributed by atoms with Crippen molar-refractivity contribution in [3.8, 4) is 0 Å². The van der Waals surface area contributed by atoms with Gasteiger partial charge in [-0.25, -0.2) is 0 Å². The Morgan fingerprint density at radius 3 is 2.62 bits per heavy atom. The first-order valence-corrected chi connectivity index (χ1v) is 11.3. The summed E-state index contributed by atoms with van der Waals surface area (Å²) in [6.07, 6.45) is 8.98. The first-order valence-electron chi connectivity index (χ1n) is 11.3. The van der Waals surface area contributed by atoms with E-state index in [-0.39, 0.29) is 5.91 Å². The summed E-state index contributed by atoms with van der Waals surface area (Å²) in [5.74, 6) is 0.923. The summed E-state index contributed by atoms with van der Waals surface area (Å²) >= 11 is 0. The summed E-state index contributed by atoms with van der Waals surface area (Å²) in [6.45, 7) is 3.63. The van der Waals surface area contributed by atoms with Gasteiger partial charge in [-0.15, -0.1) is 0 Å².